The molecule has 3 aromatic rings. The molecule has 0 aliphatic carbocycles. The highest BCUT2D eigenvalue weighted by Gasteiger charge is 2.25. The van der Waals surface area contributed by atoms with Gasteiger partial charge in [-0.25, -0.2) is 14.3 Å². The SMILES string of the molecule is COc1ncccc1NC(=O)[C@H](CCSC)n1c(=O)[nH]c2ccccc2c1=O. The summed E-state index contributed by atoms with van der Waals surface area (Å²) in [7, 11) is 1.45. The Hall–Kier alpha value is -3.07. The summed E-state index contributed by atoms with van der Waals surface area (Å²) in [5.41, 5.74) is -0.317. The van der Waals surface area contributed by atoms with Crippen molar-refractivity contribution in [2.24, 2.45) is 0 Å². The molecule has 28 heavy (non-hydrogen) atoms. The van der Waals surface area contributed by atoms with Crippen LogP contribution in [0, 0.1) is 0 Å². The predicted octanol–water partition coefficient (Wildman–Crippen LogP) is 2.03. The van der Waals surface area contributed by atoms with Gasteiger partial charge in [0.15, 0.2) is 0 Å². The number of nitrogens with one attached hydrogen (secondary N) is 2. The average molecular weight is 400 g/mol. The molecule has 0 saturated carbocycles. The van der Waals surface area contributed by atoms with Gasteiger partial charge in [-0.05, 0) is 42.7 Å². The van der Waals surface area contributed by atoms with Gasteiger partial charge < -0.3 is 15.0 Å². The number of carbonyl (C=O) groups is 1. The number of anilines is 1. The summed E-state index contributed by atoms with van der Waals surface area (Å²) >= 11 is 1.53. The molecule has 8 nitrogen and oxygen atoms in total. The largest absolute Gasteiger partial charge is 0.480 e. The number of fused-ring (bicyclic) bond motifs is 1. The molecule has 0 fully saturated rings. The van der Waals surface area contributed by atoms with Crippen LogP contribution in [-0.2, 0) is 4.79 Å². The molecule has 0 radical (unpaired) electrons. The lowest BCUT2D eigenvalue weighted by molar-refractivity contribution is -0.119. The zero-order valence-electron chi connectivity index (χ0n) is 15.5. The minimum Gasteiger partial charge on any atom is -0.480 e. The highest BCUT2D eigenvalue weighted by molar-refractivity contribution is 7.98. The third kappa shape index (κ3) is 3.94. The van der Waals surface area contributed by atoms with Gasteiger partial charge in [0.1, 0.15) is 11.7 Å². The second kappa shape index (κ2) is 8.75. The third-order valence-corrected chi connectivity index (χ3v) is 4.91. The Labute approximate surface area is 164 Å². The number of rotatable bonds is 7. The van der Waals surface area contributed by atoms with Crippen LogP contribution in [0.1, 0.15) is 12.5 Å². The Balaban J connectivity index is 2.05. The molecular formula is C19H20N4O4S. The van der Waals surface area contributed by atoms with Gasteiger partial charge in [0.2, 0.25) is 11.8 Å². The van der Waals surface area contributed by atoms with Gasteiger partial charge >= 0.3 is 5.69 Å². The predicted molar refractivity (Wildman–Crippen MR) is 110 cm³/mol. The lowest BCUT2D eigenvalue weighted by Gasteiger charge is -2.19. The van der Waals surface area contributed by atoms with Crippen LogP contribution in [0.2, 0.25) is 0 Å². The van der Waals surface area contributed by atoms with E-state index in [-0.39, 0.29) is 5.88 Å². The minimum atomic E-state index is -0.974. The van der Waals surface area contributed by atoms with E-state index in [1.54, 1.807) is 36.4 Å². The number of hydrogen-bond acceptors (Lipinski definition) is 6. The van der Waals surface area contributed by atoms with Crippen LogP contribution in [0.3, 0.4) is 0 Å². The summed E-state index contributed by atoms with van der Waals surface area (Å²) in [6.45, 7) is 0. The van der Waals surface area contributed by atoms with Crippen molar-refractivity contribution in [2.75, 3.05) is 24.4 Å². The molecule has 0 spiro atoms. The number of benzene rings is 1. The van der Waals surface area contributed by atoms with Crippen LogP contribution < -0.4 is 21.3 Å². The molecule has 0 aliphatic rings. The fraction of sp³-hybridized carbons (Fsp3) is 0.263. The molecule has 0 bridgehead atoms. The molecule has 1 atom stereocenters. The van der Waals surface area contributed by atoms with Crippen LogP contribution in [0.5, 0.6) is 5.88 Å². The number of hydrogen-bond donors (Lipinski definition) is 2. The molecule has 2 aromatic heterocycles. The Morgan fingerprint density at radius 3 is 2.82 bits per heavy atom. The van der Waals surface area contributed by atoms with E-state index in [2.05, 4.69) is 15.3 Å². The maximum Gasteiger partial charge on any atom is 0.329 e. The summed E-state index contributed by atoms with van der Waals surface area (Å²) < 4.78 is 6.13. The van der Waals surface area contributed by atoms with E-state index < -0.39 is 23.2 Å². The van der Waals surface area contributed by atoms with E-state index in [0.717, 1.165) is 4.57 Å². The molecule has 146 valence electrons. The van der Waals surface area contributed by atoms with Crippen molar-refractivity contribution < 1.29 is 9.53 Å². The summed E-state index contributed by atoms with van der Waals surface area (Å²) in [5.74, 6) is 0.364. The van der Waals surface area contributed by atoms with E-state index in [9.17, 15) is 14.4 Å². The lowest BCUT2D eigenvalue weighted by Crippen LogP contribution is -2.43. The number of nitrogens with zero attached hydrogens (tertiary/aromatic N) is 2. The van der Waals surface area contributed by atoms with Gasteiger partial charge in [-0.15, -0.1) is 0 Å². The Kier molecular flexibility index (Phi) is 6.15. The van der Waals surface area contributed by atoms with Gasteiger partial charge in [-0.2, -0.15) is 11.8 Å². The van der Waals surface area contributed by atoms with Crippen LogP contribution >= 0.6 is 11.8 Å². The fourth-order valence-corrected chi connectivity index (χ4v) is 3.39. The summed E-state index contributed by atoms with van der Waals surface area (Å²) in [5, 5.41) is 3.07. The van der Waals surface area contributed by atoms with Crippen LogP contribution in [0.4, 0.5) is 5.69 Å². The molecular weight excluding hydrogens is 380 g/mol. The number of para-hydroxylation sites is 1. The molecule has 2 N–H and O–H groups in total. The van der Waals surface area contributed by atoms with E-state index in [4.69, 9.17) is 4.74 Å². The third-order valence-electron chi connectivity index (χ3n) is 4.27. The second-order valence-corrected chi connectivity index (χ2v) is 6.98. The van der Waals surface area contributed by atoms with Gasteiger partial charge in [-0.1, -0.05) is 12.1 Å². The Bertz CT molecular complexity index is 1110. The summed E-state index contributed by atoms with van der Waals surface area (Å²) in [6, 6.07) is 9.04. The molecule has 1 aromatic carbocycles. The maximum atomic E-state index is 13.0. The molecule has 0 unspecified atom stereocenters. The van der Waals surface area contributed by atoms with Crippen molar-refractivity contribution in [3.63, 3.8) is 0 Å². The van der Waals surface area contributed by atoms with Gasteiger partial charge in [-0.3, -0.25) is 9.59 Å². The number of H-pyrrole nitrogens is 1. The summed E-state index contributed by atoms with van der Waals surface area (Å²) in [6.07, 6.45) is 3.75. The van der Waals surface area contributed by atoms with Crippen molar-refractivity contribution in [2.45, 2.75) is 12.5 Å². The van der Waals surface area contributed by atoms with Crippen molar-refractivity contribution in [1.29, 1.82) is 0 Å². The molecule has 1 amide bonds. The standard InChI is InChI=1S/C19H20N4O4S/c1-27-17-14(8-5-10-20-17)21-16(24)15(9-11-28-2)23-18(25)12-6-3-4-7-13(12)22-19(23)26/h3-8,10,15H,9,11H2,1-2H3,(H,21,24)(H,22,26)/t15-/m0/s1. The number of thioether (sulfide) groups is 1. The fourth-order valence-electron chi connectivity index (χ4n) is 2.93. The molecule has 9 heteroatoms. The van der Waals surface area contributed by atoms with E-state index in [1.807, 2.05) is 6.26 Å². The molecule has 2 heterocycles. The minimum absolute atomic E-state index is 0.249. The van der Waals surface area contributed by atoms with Gasteiger partial charge in [0.25, 0.3) is 5.56 Å². The van der Waals surface area contributed by atoms with E-state index in [0.29, 0.717) is 28.8 Å². The topological polar surface area (TPSA) is 106 Å². The number of aromatic amines is 1. The van der Waals surface area contributed by atoms with Crippen molar-refractivity contribution in [3.05, 3.63) is 63.4 Å². The van der Waals surface area contributed by atoms with Crippen molar-refractivity contribution in [1.82, 2.24) is 14.5 Å². The van der Waals surface area contributed by atoms with Crippen molar-refractivity contribution in [3.8, 4) is 5.88 Å². The number of aromatic nitrogens is 3. The van der Waals surface area contributed by atoms with Crippen LogP contribution in [-0.4, -0.2) is 39.6 Å². The first kappa shape index (κ1) is 19.7. The molecule has 0 saturated heterocycles. The smallest absolute Gasteiger partial charge is 0.329 e. The van der Waals surface area contributed by atoms with Crippen LogP contribution in [0.25, 0.3) is 10.9 Å². The quantitative estimate of drug-likeness (QED) is 0.629. The first-order valence-electron chi connectivity index (χ1n) is 8.59. The number of amides is 1. The maximum absolute atomic E-state index is 13.0. The molecule has 3 rings (SSSR count). The highest BCUT2D eigenvalue weighted by Crippen LogP contribution is 2.22. The van der Waals surface area contributed by atoms with Crippen LogP contribution in [0.15, 0.2) is 52.2 Å². The number of methoxy groups -OCH3 is 1. The van der Waals surface area contributed by atoms with Crippen molar-refractivity contribution >= 4 is 34.3 Å². The zero-order valence-corrected chi connectivity index (χ0v) is 16.3. The van der Waals surface area contributed by atoms with Gasteiger partial charge in [0.05, 0.1) is 18.0 Å². The monoisotopic (exact) mass is 400 g/mol. The zero-order chi connectivity index (χ0) is 20.1. The first-order chi connectivity index (χ1) is 13.6. The van der Waals surface area contributed by atoms with E-state index >= 15 is 0 Å². The first-order valence-corrected chi connectivity index (χ1v) is 9.98. The average Bonchev–Trinajstić information content (AvgIpc) is 2.70. The van der Waals surface area contributed by atoms with Gasteiger partial charge in [0, 0.05) is 6.20 Å². The summed E-state index contributed by atoms with van der Waals surface area (Å²) in [4.78, 5) is 45.3. The highest BCUT2D eigenvalue weighted by atomic mass is 32.2. The second-order valence-electron chi connectivity index (χ2n) is 6.00. The normalized spacial score (nSPS) is 11.9. The number of pyridine rings is 1. The Morgan fingerprint density at radius 2 is 2.07 bits per heavy atom. The lowest BCUT2D eigenvalue weighted by atomic mass is 10.1. The molecule has 0 aliphatic heterocycles. The van der Waals surface area contributed by atoms with E-state index in [1.165, 1.54) is 25.1 Å². The number of ether oxygens (including phenoxy) is 1. The number of carbonyl (C=O) groups excluding carboxylic acids is 1. The Morgan fingerprint density at radius 1 is 1.29 bits per heavy atom.